The third-order valence-electron chi connectivity index (χ3n) is 5.69. The molecule has 0 amide bonds. The van der Waals surface area contributed by atoms with Crippen molar-refractivity contribution in [1.29, 1.82) is 0 Å². The summed E-state index contributed by atoms with van der Waals surface area (Å²) in [4.78, 5) is 11.6. The van der Waals surface area contributed by atoms with Gasteiger partial charge in [-0.05, 0) is 31.9 Å². The first-order valence-corrected chi connectivity index (χ1v) is 10.1. The van der Waals surface area contributed by atoms with Gasteiger partial charge in [0.15, 0.2) is 0 Å². The maximum Gasteiger partial charge on any atom is 0.342 e. The minimum Gasteiger partial charge on any atom is -0.303 e. The summed E-state index contributed by atoms with van der Waals surface area (Å²) < 4.78 is 31.3. The molecule has 1 aliphatic carbocycles. The maximum absolute atomic E-state index is 12.7. The first kappa shape index (κ1) is 17.6. The van der Waals surface area contributed by atoms with Gasteiger partial charge in [-0.25, -0.2) is 0 Å². The topological polar surface area (TPSA) is 60.4 Å². The maximum atomic E-state index is 12.7. The molecule has 1 saturated carbocycles. The molecule has 0 aromatic heterocycles. The van der Waals surface area contributed by atoms with Crippen LogP contribution in [0, 0.1) is 18.8 Å². The van der Waals surface area contributed by atoms with Crippen LogP contribution in [0.25, 0.3) is 0 Å². The molecule has 1 aromatic rings. The van der Waals surface area contributed by atoms with Gasteiger partial charge in [-0.2, -0.15) is 13.1 Å². The lowest BCUT2D eigenvalue weighted by atomic mass is 9.72. The molecule has 4 atom stereocenters. The molecule has 132 valence electrons. The van der Waals surface area contributed by atoms with Gasteiger partial charge in [0, 0.05) is 24.7 Å². The number of hydroxylamine groups is 3. The van der Waals surface area contributed by atoms with Gasteiger partial charge in [0.2, 0.25) is 0 Å². The Kier molecular flexibility index (Phi) is 4.82. The number of nitrogens with zero attached hydrogens (tertiary/aromatic N) is 1. The molecule has 2 aliphatic rings. The number of rotatable bonds is 4. The summed E-state index contributed by atoms with van der Waals surface area (Å²) in [6, 6.07) is 6.81. The smallest absolute Gasteiger partial charge is 0.303 e. The number of hydrogen-bond donors (Lipinski definition) is 0. The third kappa shape index (κ3) is 3.27. The van der Waals surface area contributed by atoms with Crippen LogP contribution in [-0.4, -0.2) is 39.0 Å². The Hall–Kier alpha value is -1.24. The number of hydrogen-bond acceptors (Lipinski definition) is 4. The number of aldehydes is 1. The average Bonchev–Trinajstić information content (AvgIpc) is 2.55. The Morgan fingerprint density at radius 1 is 1.12 bits per heavy atom. The fourth-order valence-corrected chi connectivity index (χ4v) is 5.53. The van der Waals surface area contributed by atoms with E-state index in [1.807, 2.05) is 14.0 Å². The molecular weight excluding hydrogens is 326 g/mol. The molecule has 24 heavy (non-hydrogen) atoms. The zero-order valence-corrected chi connectivity index (χ0v) is 15.2. The minimum atomic E-state index is -3.83. The number of piperidine rings is 1. The summed E-state index contributed by atoms with van der Waals surface area (Å²) in [5, 5.41) is 0. The van der Waals surface area contributed by atoms with Crippen LogP contribution in [-0.2, 0) is 19.2 Å². The lowest BCUT2D eigenvalue weighted by Crippen LogP contribution is -2.62. The van der Waals surface area contributed by atoms with Crippen LogP contribution in [0.15, 0.2) is 29.2 Å². The molecule has 2 fully saturated rings. The zero-order valence-electron chi connectivity index (χ0n) is 14.3. The highest BCUT2D eigenvalue weighted by Crippen LogP contribution is 2.42. The van der Waals surface area contributed by atoms with E-state index in [-0.39, 0.29) is 27.4 Å². The van der Waals surface area contributed by atoms with Crippen LogP contribution in [0.5, 0.6) is 0 Å². The molecule has 5 nitrogen and oxygen atoms in total. The zero-order chi connectivity index (χ0) is 17.4. The average molecular weight is 352 g/mol. The highest BCUT2D eigenvalue weighted by molar-refractivity contribution is 7.86. The van der Waals surface area contributed by atoms with Crippen LogP contribution >= 0.6 is 0 Å². The molecule has 1 aromatic carbocycles. The van der Waals surface area contributed by atoms with Gasteiger partial charge < -0.3 is 4.79 Å². The number of likely N-dealkylation sites (tertiary alicyclic amines) is 1. The molecule has 0 N–H and O–H groups in total. The molecule has 0 radical (unpaired) electrons. The van der Waals surface area contributed by atoms with Gasteiger partial charge in [-0.1, -0.05) is 28.4 Å². The SMILES string of the molecule is Cc1ccc(S(=O)(=O)O[N+]2(C)CCC(C=O)C3CCCCC32)cc1. The summed E-state index contributed by atoms with van der Waals surface area (Å²) >= 11 is 0. The molecule has 0 bridgehead atoms. The van der Waals surface area contributed by atoms with Crippen LogP contribution in [0.4, 0.5) is 0 Å². The molecule has 3 rings (SSSR count). The first-order chi connectivity index (χ1) is 11.4. The monoisotopic (exact) mass is 352 g/mol. The van der Waals surface area contributed by atoms with E-state index >= 15 is 0 Å². The van der Waals surface area contributed by atoms with E-state index in [0.29, 0.717) is 13.0 Å². The predicted octanol–water partition coefficient (Wildman–Crippen LogP) is 2.84. The third-order valence-corrected chi connectivity index (χ3v) is 7.08. The van der Waals surface area contributed by atoms with Crippen molar-refractivity contribution in [1.82, 2.24) is 0 Å². The second-order valence-electron chi connectivity index (χ2n) is 7.34. The second kappa shape index (κ2) is 6.58. The number of carbonyl (C=O) groups excluding carboxylic acids is 1. The van der Waals surface area contributed by atoms with Gasteiger partial charge in [0.25, 0.3) is 0 Å². The van der Waals surface area contributed by atoms with Crippen molar-refractivity contribution >= 4 is 16.4 Å². The minimum absolute atomic E-state index is 0.0344. The summed E-state index contributed by atoms with van der Waals surface area (Å²) in [7, 11) is -1.97. The largest absolute Gasteiger partial charge is 0.342 e. The molecule has 1 saturated heterocycles. The second-order valence-corrected chi connectivity index (χ2v) is 8.87. The Labute approximate surface area is 144 Å². The number of fused-ring (bicyclic) bond motifs is 1. The Balaban J connectivity index is 1.87. The van der Waals surface area contributed by atoms with E-state index in [9.17, 15) is 13.2 Å². The quantitative estimate of drug-likeness (QED) is 0.617. The van der Waals surface area contributed by atoms with Gasteiger partial charge in [-0.15, -0.1) is 0 Å². The van der Waals surface area contributed by atoms with E-state index in [1.165, 1.54) is 0 Å². The summed E-state index contributed by atoms with van der Waals surface area (Å²) in [5.41, 5.74) is 1.01. The molecule has 6 heteroatoms. The predicted molar refractivity (Wildman–Crippen MR) is 90.4 cm³/mol. The fourth-order valence-electron chi connectivity index (χ4n) is 4.34. The lowest BCUT2D eigenvalue weighted by Gasteiger charge is -2.48. The van der Waals surface area contributed by atoms with Crippen molar-refractivity contribution in [3.8, 4) is 0 Å². The Bertz CT molecular complexity index is 700. The van der Waals surface area contributed by atoms with Crippen molar-refractivity contribution in [2.75, 3.05) is 13.6 Å². The fraction of sp³-hybridized carbons (Fsp3) is 0.611. The molecular formula is C18H26NO4S+. The highest BCUT2D eigenvalue weighted by atomic mass is 32.2. The normalized spacial score (nSPS) is 33.7. The van der Waals surface area contributed by atoms with E-state index in [4.69, 9.17) is 4.28 Å². The van der Waals surface area contributed by atoms with Crippen molar-refractivity contribution in [2.24, 2.45) is 11.8 Å². The lowest BCUT2D eigenvalue weighted by molar-refractivity contribution is -1.09. The summed E-state index contributed by atoms with van der Waals surface area (Å²) in [5.74, 6) is 0.260. The molecule has 1 aliphatic heterocycles. The summed E-state index contributed by atoms with van der Waals surface area (Å²) in [6.45, 7) is 2.47. The highest BCUT2D eigenvalue weighted by Gasteiger charge is 2.51. The molecule has 1 heterocycles. The van der Waals surface area contributed by atoms with E-state index in [1.54, 1.807) is 24.3 Å². The van der Waals surface area contributed by atoms with E-state index < -0.39 is 10.1 Å². The number of carbonyl (C=O) groups is 1. The van der Waals surface area contributed by atoms with E-state index in [2.05, 4.69) is 0 Å². The van der Waals surface area contributed by atoms with Crippen molar-refractivity contribution in [3.63, 3.8) is 0 Å². The van der Waals surface area contributed by atoms with Crippen LogP contribution in [0.2, 0.25) is 0 Å². The first-order valence-electron chi connectivity index (χ1n) is 8.69. The van der Waals surface area contributed by atoms with Gasteiger partial charge >= 0.3 is 10.1 Å². The van der Waals surface area contributed by atoms with Crippen LogP contribution in [0.3, 0.4) is 0 Å². The van der Waals surface area contributed by atoms with Crippen LogP contribution < -0.4 is 0 Å². The van der Waals surface area contributed by atoms with Gasteiger partial charge in [0.1, 0.15) is 25.9 Å². The van der Waals surface area contributed by atoms with Gasteiger partial charge in [-0.3, -0.25) is 0 Å². The Morgan fingerprint density at radius 2 is 1.79 bits per heavy atom. The molecule has 4 unspecified atom stereocenters. The summed E-state index contributed by atoms with van der Waals surface area (Å²) in [6.07, 6.45) is 5.81. The van der Waals surface area contributed by atoms with Crippen molar-refractivity contribution in [2.45, 2.75) is 50.0 Å². The van der Waals surface area contributed by atoms with Crippen LogP contribution in [0.1, 0.15) is 37.7 Å². The van der Waals surface area contributed by atoms with Gasteiger partial charge in [0.05, 0.1) is 4.90 Å². The standard InChI is InChI=1S/C18H26NO4S/c1-14-7-9-16(10-8-14)24(21,22)23-19(2)12-11-15(13-20)17-5-3-4-6-18(17)19/h7-10,13,15,17-18H,3-6,11-12H2,1-2H3/q+1. The van der Waals surface area contributed by atoms with E-state index in [0.717, 1.165) is 37.5 Å². The van der Waals surface area contributed by atoms with Crippen molar-refractivity contribution in [3.05, 3.63) is 29.8 Å². The van der Waals surface area contributed by atoms with Crippen molar-refractivity contribution < 1.29 is 22.1 Å². The number of benzene rings is 1. The Morgan fingerprint density at radius 3 is 2.46 bits per heavy atom. The number of aryl methyl sites for hydroxylation is 1. The molecule has 0 spiro atoms. The number of quaternary nitrogens is 1.